The van der Waals surface area contributed by atoms with Crippen molar-refractivity contribution >= 4 is 8.58 Å². The molecule has 2 unspecified atom stereocenters. The lowest BCUT2D eigenvalue weighted by Crippen LogP contribution is -2.16. The van der Waals surface area contributed by atoms with E-state index in [0.29, 0.717) is 0 Å². The minimum absolute atomic E-state index is 0.880. The summed E-state index contributed by atoms with van der Waals surface area (Å²) in [5.74, 6) is 0. The summed E-state index contributed by atoms with van der Waals surface area (Å²) in [6.45, 7) is 5.70. The third kappa shape index (κ3) is 4.55. The maximum Gasteiger partial charge on any atom is 0.00109 e. The van der Waals surface area contributed by atoms with Crippen molar-refractivity contribution in [2.45, 2.75) is 19.5 Å². The Morgan fingerprint density at radius 1 is 1.62 bits per heavy atom. The molecule has 0 amide bonds. The third-order valence-electron chi connectivity index (χ3n) is 1.06. The Balaban J connectivity index is 2.92. The molecule has 0 aliphatic carbocycles. The second-order valence-electron chi connectivity index (χ2n) is 2.02. The topological polar surface area (TPSA) is 12.0 Å². The lowest BCUT2D eigenvalue weighted by atomic mass is 10.5. The molecule has 0 aromatic heterocycles. The van der Waals surface area contributed by atoms with Gasteiger partial charge in [0.05, 0.1) is 0 Å². The summed E-state index contributed by atoms with van der Waals surface area (Å²) in [6.07, 6.45) is 1.34. The quantitative estimate of drug-likeness (QED) is 0.570. The van der Waals surface area contributed by atoms with Crippen LogP contribution in [0.3, 0.4) is 0 Å². The van der Waals surface area contributed by atoms with Crippen LogP contribution in [0.4, 0.5) is 0 Å². The molecular weight excluding hydrogens is 117 g/mol. The molecule has 0 spiro atoms. The van der Waals surface area contributed by atoms with Crippen LogP contribution < -0.4 is 5.32 Å². The molecule has 0 fully saturated rings. The zero-order chi connectivity index (χ0) is 6.41. The highest BCUT2D eigenvalue weighted by Crippen LogP contribution is 2.15. The van der Waals surface area contributed by atoms with E-state index >= 15 is 0 Å². The highest BCUT2D eigenvalue weighted by atomic mass is 31.1. The molecule has 0 saturated carbocycles. The van der Waals surface area contributed by atoms with E-state index in [1.807, 2.05) is 7.05 Å². The molecule has 0 aliphatic heterocycles. The first-order valence-electron chi connectivity index (χ1n) is 3.19. The monoisotopic (exact) mass is 133 g/mol. The lowest BCUT2D eigenvalue weighted by Gasteiger charge is -2.07. The van der Waals surface area contributed by atoms with Gasteiger partial charge in [-0.3, -0.25) is 0 Å². The summed E-state index contributed by atoms with van der Waals surface area (Å²) in [5, 5.41) is 3.16. The smallest absolute Gasteiger partial charge is 0.00109 e. The van der Waals surface area contributed by atoms with Crippen molar-refractivity contribution < 1.29 is 0 Å². The van der Waals surface area contributed by atoms with Crippen LogP contribution in [-0.4, -0.2) is 25.4 Å². The fraction of sp³-hybridized carbons (Fsp3) is 1.00. The Labute approximate surface area is 54.0 Å². The van der Waals surface area contributed by atoms with Crippen LogP contribution in [0.5, 0.6) is 0 Å². The first-order chi connectivity index (χ1) is 3.81. The van der Waals surface area contributed by atoms with Crippen LogP contribution in [0, 0.1) is 0 Å². The van der Waals surface area contributed by atoms with Gasteiger partial charge in [0.1, 0.15) is 0 Å². The normalized spacial score (nSPS) is 15.4. The molecule has 0 aromatic rings. The maximum absolute atomic E-state index is 3.16. The SMILES string of the molecule is CCPC(C)CNC. The Bertz CT molecular complexity index is 41.8. The molecule has 0 aliphatic rings. The van der Waals surface area contributed by atoms with Crippen molar-refractivity contribution in [2.75, 3.05) is 19.8 Å². The summed E-state index contributed by atoms with van der Waals surface area (Å²) < 4.78 is 0. The van der Waals surface area contributed by atoms with Crippen molar-refractivity contribution in [1.29, 1.82) is 0 Å². The minimum Gasteiger partial charge on any atom is -0.319 e. The molecule has 0 aromatic carbocycles. The molecule has 1 N–H and O–H groups in total. The van der Waals surface area contributed by atoms with Gasteiger partial charge in [0.2, 0.25) is 0 Å². The van der Waals surface area contributed by atoms with Gasteiger partial charge in [-0.05, 0) is 18.9 Å². The van der Waals surface area contributed by atoms with Crippen molar-refractivity contribution in [3.8, 4) is 0 Å². The predicted molar refractivity (Wildman–Crippen MR) is 42.2 cm³/mol. The Morgan fingerprint density at radius 3 is 2.62 bits per heavy atom. The first kappa shape index (κ1) is 8.39. The summed E-state index contributed by atoms with van der Waals surface area (Å²) in [5.41, 5.74) is 0.880. The molecule has 0 heterocycles. The van der Waals surface area contributed by atoms with Crippen molar-refractivity contribution in [2.24, 2.45) is 0 Å². The molecule has 0 bridgehead atoms. The van der Waals surface area contributed by atoms with Crippen LogP contribution in [0.25, 0.3) is 0 Å². The third-order valence-corrected chi connectivity index (χ3v) is 2.37. The van der Waals surface area contributed by atoms with Crippen molar-refractivity contribution in [3.05, 3.63) is 0 Å². The van der Waals surface area contributed by atoms with E-state index in [0.717, 1.165) is 14.2 Å². The molecule has 2 heteroatoms. The van der Waals surface area contributed by atoms with Gasteiger partial charge in [-0.25, -0.2) is 0 Å². The van der Waals surface area contributed by atoms with Gasteiger partial charge < -0.3 is 5.32 Å². The summed E-state index contributed by atoms with van der Waals surface area (Å²) in [7, 11) is 3.14. The highest BCUT2D eigenvalue weighted by Gasteiger charge is 1.94. The Hall–Kier alpha value is 0.390. The molecule has 0 saturated heterocycles. The van der Waals surface area contributed by atoms with Crippen LogP contribution in [0.15, 0.2) is 0 Å². The highest BCUT2D eigenvalue weighted by molar-refractivity contribution is 7.38. The molecule has 0 radical (unpaired) electrons. The number of hydrogen-bond acceptors (Lipinski definition) is 1. The largest absolute Gasteiger partial charge is 0.319 e. The van der Waals surface area contributed by atoms with E-state index in [4.69, 9.17) is 0 Å². The summed E-state index contributed by atoms with van der Waals surface area (Å²) in [6, 6.07) is 0. The number of nitrogens with one attached hydrogen (secondary N) is 1. The lowest BCUT2D eigenvalue weighted by molar-refractivity contribution is 0.781. The molecule has 2 atom stereocenters. The summed E-state index contributed by atoms with van der Waals surface area (Å²) >= 11 is 0. The van der Waals surface area contributed by atoms with Gasteiger partial charge in [0, 0.05) is 6.54 Å². The molecule has 1 nitrogen and oxygen atoms in total. The van der Waals surface area contributed by atoms with E-state index in [1.54, 1.807) is 0 Å². The van der Waals surface area contributed by atoms with Gasteiger partial charge in [-0.2, -0.15) is 0 Å². The minimum atomic E-state index is 0.880. The van der Waals surface area contributed by atoms with Crippen molar-refractivity contribution in [3.63, 3.8) is 0 Å². The molecular formula is C6H16NP. The van der Waals surface area contributed by atoms with Crippen LogP contribution in [0.2, 0.25) is 0 Å². The van der Waals surface area contributed by atoms with E-state index in [1.165, 1.54) is 12.7 Å². The van der Waals surface area contributed by atoms with E-state index in [2.05, 4.69) is 19.2 Å². The van der Waals surface area contributed by atoms with Gasteiger partial charge >= 0.3 is 0 Å². The zero-order valence-corrected chi connectivity index (χ0v) is 6.99. The van der Waals surface area contributed by atoms with Gasteiger partial charge in [0.15, 0.2) is 0 Å². The van der Waals surface area contributed by atoms with E-state index in [9.17, 15) is 0 Å². The van der Waals surface area contributed by atoms with Gasteiger partial charge in [-0.15, -0.1) is 8.58 Å². The van der Waals surface area contributed by atoms with E-state index in [-0.39, 0.29) is 0 Å². The predicted octanol–water partition coefficient (Wildman–Crippen LogP) is 1.29. The number of rotatable bonds is 4. The molecule has 50 valence electrons. The van der Waals surface area contributed by atoms with Crippen LogP contribution >= 0.6 is 8.58 Å². The molecule has 8 heavy (non-hydrogen) atoms. The molecule has 0 rings (SSSR count). The fourth-order valence-corrected chi connectivity index (χ4v) is 1.77. The Kier molecular flexibility index (Phi) is 5.79. The second kappa shape index (κ2) is 5.53. The van der Waals surface area contributed by atoms with Gasteiger partial charge in [-0.1, -0.05) is 13.8 Å². The first-order valence-corrected chi connectivity index (χ1v) is 4.47. The van der Waals surface area contributed by atoms with E-state index < -0.39 is 0 Å². The Morgan fingerprint density at radius 2 is 2.25 bits per heavy atom. The van der Waals surface area contributed by atoms with Crippen molar-refractivity contribution in [1.82, 2.24) is 5.32 Å². The van der Waals surface area contributed by atoms with Gasteiger partial charge in [0.25, 0.3) is 0 Å². The maximum atomic E-state index is 3.16. The number of hydrogen-bond donors (Lipinski definition) is 1. The van der Waals surface area contributed by atoms with Crippen LogP contribution in [-0.2, 0) is 0 Å². The zero-order valence-electron chi connectivity index (χ0n) is 5.99. The average molecular weight is 133 g/mol. The second-order valence-corrected chi connectivity index (χ2v) is 4.12. The fourth-order valence-electron chi connectivity index (χ4n) is 0.727. The van der Waals surface area contributed by atoms with Crippen LogP contribution in [0.1, 0.15) is 13.8 Å². The summed E-state index contributed by atoms with van der Waals surface area (Å²) in [4.78, 5) is 0. The standard InChI is InChI=1S/C6H16NP/c1-4-8-6(2)5-7-3/h6-8H,4-5H2,1-3H3. The average Bonchev–Trinajstić information content (AvgIpc) is 1.68.